The van der Waals surface area contributed by atoms with Crippen molar-refractivity contribution in [2.24, 2.45) is 0 Å². The van der Waals surface area contributed by atoms with Crippen LogP contribution < -0.4 is 14.8 Å². The van der Waals surface area contributed by atoms with Crippen molar-refractivity contribution in [3.63, 3.8) is 0 Å². The molecular formula is C25H30N2O4. The van der Waals surface area contributed by atoms with Gasteiger partial charge in [0.1, 0.15) is 0 Å². The third-order valence-electron chi connectivity index (χ3n) is 6.13. The molecule has 1 aliphatic heterocycles. The van der Waals surface area contributed by atoms with Crippen LogP contribution in [0.5, 0.6) is 11.5 Å². The fraction of sp³-hybridized carbons (Fsp3) is 0.440. The summed E-state index contributed by atoms with van der Waals surface area (Å²) in [7, 11) is 1.65. The molecule has 0 spiro atoms. The van der Waals surface area contributed by atoms with Crippen LogP contribution in [-0.4, -0.2) is 36.5 Å². The van der Waals surface area contributed by atoms with Crippen molar-refractivity contribution in [2.75, 3.05) is 19.0 Å². The Hall–Kier alpha value is -3.02. The van der Waals surface area contributed by atoms with Crippen molar-refractivity contribution in [1.29, 1.82) is 0 Å². The second-order valence-electron chi connectivity index (χ2n) is 8.41. The standard InChI is InChI=1S/C25H30N2O4/c1-17(28)26-20-10-7-18(8-11-20)16-27-14-13-22(25(27)29)19-9-12-23(30-2)24(15-19)31-21-5-3-4-6-21/h7-12,15,21-22H,3-6,13-14,16H2,1-2H3,(H,26,28)/t22-/m1/s1. The second kappa shape index (κ2) is 9.41. The van der Waals surface area contributed by atoms with E-state index in [1.54, 1.807) is 7.11 Å². The van der Waals surface area contributed by atoms with E-state index in [1.807, 2.05) is 47.4 Å². The van der Waals surface area contributed by atoms with Crippen molar-refractivity contribution in [2.45, 2.75) is 57.6 Å². The molecule has 2 aromatic carbocycles. The molecule has 6 nitrogen and oxygen atoms in total. The quantitative estimate of drug-likeness (QED) is 0.714. The van der Waals surface area contributed by atoms with Gasteiger partial charge >= 0.3 is 0 Å². The molecule has 1 N–H and O–H groups in total. The number of likely N-dealkylation sites (tertiary alicyclic amines) is 1. The van der Waals surface area contributed by atoms with Crippen molar-refractivity contribution >= 4 is 17.5 Å². The van der Waals surface area contributed by atoms with E-state index >= 15 is 0 Å². The van der Waals surface area contributed by atoms with Gasteiger partial charge in [-0.2, -0.15) is 0 Å². The lowest BCUT2D eigenvalue weighted by Crippen LogP contribution is -2.26. The lowest BCUT2D eigenvalue weighted by Gasteiger charge is -2.19. The minimum absolute atomic E-state index is 0.0962. The maximum absolute atomic E-state index is 13.1. The van der Waals surface area contributed by atoms with Gasteiger partial charge in [-0.15, -0.1) is 0 Å². The summed E-state index contributed by atoms with van der Waals surface area (Å²) < 4.78 is 11.7. The zero-order valence-corrected chi connectivity index (χ0v) is 18.2. The molecule has 1 aliphatic carbocycles. The number of ether oxygens (including phenoxy) is 2. The summed E-state index contributed by atoms with van der Waals surface area (Å²) in [6.07, 6.45) is 5.58. The maximum atomic E-state index is 13.1. The van der Waals surface area contributed by atoms with Gasteiger partial charge in [-0.25, -0.2) is 0 Å². The number of carbonyl (C=O) groups excluding carboxylic acids is 2. The Morgan fingerprint density at radius 3 is 2.48 bits per heavy atom. The van der Waals surface area contributed by atoms with Gasteiger partial charge < -0.3 is 19.7 Å². The SMILES string of the molecule is COc1ccc([C@H]2CCN(Cc3ccc(NC(C)=O)cc3)C2=O)cc1OC1CCCC1. The molecule has 0 bridgehead atoms. The molecule has 31 heavy (non-hydrogen) atoms. The number of rotatable bonds is 7. The van der Waals surface area contributed by atoms with E-state index in [0.717, 1.165) is 54.1 Å². The van der Waals surface area contributed by atoms with E-state index in [1.165, 1.54) is 19.8 Å². The van der Waals surface area contributed by atoms with E-state index in [4.69, 9.17) is 9.47 Å². The van der Waals surface area contributed by atoms with Crippen LogP contribution in [-0.2, 0) is 16.1 Å². The van der Waals surface area contributed by atoms with Gasteiger partial charge in [-0.05, 0) is 67.5 Å². The van der Waals surface area contributed by atoms with Gasteiger partial charge in [-0.1, -0.05) is 18.2 Å². The summed E-state index contributed by atoms with van der Waals surface area (Å²) in [6, 6.07) is 13.5. The summed E-state index contributed by atoms with van der Waals surface area (Å²) in [5, 5.41) is 2.76. The number of hydrogen-bond donors (Lipinski definition) is 1. The third-order valence-corrected chi connectivity index (χ3v) is 6.13. The minimum Gasteiger partial charge on any atom is -0.493 e. The first-order valence-electron chi connectivity index (χ1n) is 11.0. The number of carbonyl (C=O) groups is 2. The van der Waals surface area contributed by atoms with Gasteiger partial charge in [0.25, 0.3) is 0 Å². The minimum atomic E-state index is -0.157. The highest BCUT2D eigenvalue weighted by molar-refractivity contribution is 5.88. The Bertz CT molecular complexity index is 935. The van der Waals surface area contributed by atoms with E-state index < -0.39 is 0 Å². The van der Waals surface area contributed by atoms with Crippen LogP contribution in [0.3, 0.4) is 0 Å². The van der Waals surface area contributed by atoms with Crippen molar-refractivity contribution in [1.82, 2.24) is 4.90 Å². The Labute approximate surface area is 183 Å². The Morgan fingerprint density at radius 2 is 1.81 bits per heavy atom. The molecule has 2 amide bonds. The van der Waals surface area contributed by atoms with Crippen LogP contribution in [0.15, 0.2) is 42.5 Å². The number of nitrogens with zero attached hydrogens (tertiary/aromatic N) is 1. The van der Waals surface area contributed by atoms with Crippen molar-refractivity contribution < 1.29 is 19.1 Å². The Balaban J connectivity index is 1.44. The number of amides is 2. The first-order chi connectivity index (χ1) is 15.0. The third kappa shape index (κ3) is 5.01. The first kappa shape index (κ1) is 21.2. The average Bonchev–Trinajstić information content (AvgIpc) is 3.39. The molecule has 1 saturated carbocycles. The van der Waals surface area contributed by atoms with Crippen LogP contribution in [0, 0.1) is 0 Å². The van der Waals surface area contributed by atoms with Crippen LogP contribution in [0.4, 0.5) is 5.69 Å². The zero-order valence-electron chi connectivity index (χ0n) is 18.2. The fourth-order valence-electron chi connectivity index (χ4n) is 4.51. The van der Waals surface area contributed by atoms with E-state index in [2.05, 4.69) is 5.32 Å². The number of anilines is 1. The summed E-state index contributed by atoms with van der Waals surface area (Å²) in [5.41, 5.74) is 2.79. The number of methoxy groups -OCH3 is 1. The highest BCUT2D eigenvalue weighted by Gasteiger charge is 2.33. The van der Waals surface area contributed by atoms with E-state index in [0.29, 0.717) is 6.54 Å². The van der Waals surface area contributed by atoms with Gasteiger partial charge in [0, 0.05) is 25.7 Å². The Morgan fingerprint density at radius 1 is 1.06 bits per heavy atom. The fourth-order valence-corrected chi connectivity index (χ4v) is 4.51. The second-order valence-corrected chi connectivity index (χ2v) is 8.41. The van der Waals surface area contributed by atoms with Crippen LogP contribution in [0.25, 0.3) is 0 Å². The summed E-state index contributed by atoms with van der Waals surface area (Å²) in [5.74, 6) is 1.35. The van der Waals surface area contributed by atoms with E-state index in [9.17, 15) is 9.59 Å². The molecule has 2 aromatic rings. The Kier molecular flexibility index (Phi) is 6.44. The molecule has 1 saturated heterocycles. The van der Waals surface area contributed by atoms with Crippen LogP contribution >= 0.6 is 0 Å². The largest absolute Gasteiger partial charge is 0.493 e. The molecule has 4 rings (SSSR count). The van der Waals surface area contributed by atoms with Gasteiger partial charge in [-0.3, -0.25) is 9.59 Å². The van der Waals surface area contributed by atoms with Gasteiger partial charge in [0.15, 0.2) is 11.5 Å². The molecule has 1 heterocycles. The van der Waals surface area contributed by atoms with Gasteiger partial charge in [0.05, 0.1) is 19.1 Å². The number of hydrogen-bond acceptors (Lipinski definition) is 4. The van der Waals surface area contributed by atoms with Crippen molar-refractivity contribution in [3.8, 4) is 11.5 Å². The van der Waals surface area contributed by atoms with Crippen LogP contribution in [0.1, 0.15) is 56.1 Å². The summed E-state index contributed by atoms with van der Waals surface area (Å²) >= 11 is 0. The maximum Gasteiger partial charge on any atom is 0.230 e. The molecule has 1 atom stereocenters. The molecule has 164 valence electrons. The molecule has 2 fully saturated rings. The predicted molar refractivity (Wildman–Crippen MR) is 119 cm³/mol. The molecular weight excluding hydrogens is 392 g/mol. The zero-order chi connectivity index (χ0) is 21.8. The predicted octanol–water partition coefficient (Wildman–Crippen LogP) is 4.49. The molecule has 2 aliphatic rings. The number of benzene rings is 2. The van der Waals surface area contributed by atoms with Gasteiger partial charge in [0.2, 0.25) is 11.8 Å². The number of nitrogens with one attached hydrogen (secondary N) is 1. The molecule has 0 unspecified atom stereocenters. The smallest absolute Gasteiger partial charge is 0.230 e. The topological polar surface area (TPSA) is 67.9 Å². The highest BCUT2D eigenvalue weighted by Crippen LogP contribution is 2.37. The first-order valence-corrected chi connectivity index (χ1v) is 11.0. The van der Waals surface area contributed by atoms with E-state index in [-0.39, 0.29) is 23.8 Å². The molecule has 6 heteroatoms. The van der Waals surface area contributed by atoms with Crippen molar-refractivity contribution in [3.05, 3.63) is 53.6 Å². The average molecular weight is 423 g/mol. The lowest BCUT2D eigenvalue weighted by molar-refractivity contribution is -0.129. The molecule has 0 radical (unpaired) electrons. The monoisotopic (exact) mass is 422 g/mol. The lowest BCUT2D eigenvalue weighted by atomic mass is 9.97. The molecule has 0 aromatic heterocycles. The highest BCUT2D eigenvalue weighted by atomic mass is 16.5. The van der Waals surface area contributed by atoms with Crippen LogP contribution in [0.2, 0.25) is 0 Å². The summed E-state index contributed by atoms with van der Waals surface area (Å²) in [4.78, 5) is 26.2. The summed E-state index contributed by atoms with van der Waals surface area (Å²) in [6.45, 7) is 2.78. The normalized spacial score (nSPS) is 19.0.